The van der Waals surface area contributed by atoms with Gasteiger partial charge in [-0.05, 0) is 60.1 Å². The van der Waals surface area contributed by atoms with Gasteiger partial charge in [-0.2, -0.15) is 17.5 Å². The summed E-state index contributed by atoms with van der Waals surface area (Å²) in [6, 6.07) is 5.37. The van der Waals surface area contributed by atoms with E-state index in [9.17, 15) is 22.8 Å². The number of alkyl halides is 4. The Morgan fingerprint density at radius 2 is 1.90 bits per heavy atom. The highest BCUT2D eigenvalue weighted by molar-refractivity contribution is 14.1. The average molecular weight is 563 g/mol. The molecule has 30 heavy (non-hydrogen) atoms. The summed E-state index contributed by atoms with van der Waals surface area (Å²) >= 11 is 4.50. The molecular weight excluding hydrogens is 550 g/mol. The molecule has 4 rings (SSSR count). The summed E-state index contributed by atoms with van der Waals surface area (Å²) in [6.07, 6.45) is -4.80. The summed E-state index contributed by atoms with van der Waals surface area (Å²) in [5.74, 6) is 0. The normalized spacial score (nSPS) is 12.1. The van der Waals surface area contributed by atoms with Crippen molar-refractivity contribution in [2.75, 3.05) is 0 Å². The topological polar surface area (TPSA) is 56.9 Å². The third-order valence-corrected chi connectivity index (χ3v) is 7.53. The van der Waals surface area contributed by atoms with Crippen LogP contribution >= 0.6 is 45.5 Å². The Morgan fingerprint density at radius 3 is 2.50 bits per heavy atom. The summed E-state index contributed by atoms with van der Waals surface area (Å²) in [7, 11) is 0. The lowest BCUT2D eigenvalue weighted by Gasteiger charge is -2.15. The summed E-state index contributed by atoms with van der Waals surface area (Å²) < 4.78 is 46.2. The number of aryl methyl sites for hydroxylation is 1. The van der Waals surface area contributed by atoms with Gasteiger partial charge in [0.15, 0.2) is 0 Å². The summed E-state index contributed by atoms with van der Waals surface area (Å²) in [4.78, 5) is 26.3. The first-order valence-electron chi connectivity index (χ1n) is 8.58. The minimum absolute atomic E-state index is 0.206. The zero-order valence-electron chi connectivity index (χ0n) is 15.6. The molecule has 0 amide bonds. The van der Waals surface area contributed by atoms with E-state index in [1.807, 2.05) is 19.2 Å². The Balaban J connectivity index is 1.97. The van der Waals surface area contributed by atoms with Crippen LogP contribution in [-0.2, 0) is 10.7 Å². The van der Waals surface area contributed by atoms with Crippen LogP contribution in [0, 0.1) is 13.8 Å². The predicted octanol–water partition coefficient (Wildman–Crippen LogP) is 5.37. The molecule has 0 saturated heterocycles. The molecule has 0 aliphatic rings. The Bertz CT molecular complexity index is 1400. The third-order valence-electron chi connectivity index (χ3n) is 4.82. The molecule has 3 heterocycles. The van der Waals surface area contributed by atoms with E-state index in [1.165, 1.54) is 11.5 Å². The molecule has 0 N–H and O–H groups in total. The van der Waals surface area contributed by atoms with Gasteiger partial charge in [0.25, 0.3) is 5.56 Å². The van der Waals surface area contributed by atoms with Crippen molar-refractivity contribution in [3.63, 3.8) is 0 Å². The smallest absolute Gasteiger partial charge is 0.279 e. The Hall–Kier alpha value is -1.99. The van der Waals surface area contributed by atoms with E-state index < -0.39 is 23.1 Å². The first-order chi connectivity index (χ1) is 14.1. The minimum Gasteiger partial charge on any atom is -0.279 e. The molecule has 0 fully saturated rings. The van der Waals surface area contributed by atoms with Crippen molar-refractivity contribution in [1.82, 2.24) is 13.5 Å². The molecule has 156 valence electrons. The monoisotopic (exact) mass is 563 g/mol. The van der Waals surface area contributed by atoms with E-state index in [0.717, 1.165) is 36.4 Å². The van der Waals surface area contributed by atoms with Crippen molar-refractivity contribution in [3.05, 3.63) is 67.3 Å². The van der Waals surface area contributed by atoms with Crippen molar-refractivity contribution in [1.29, 1.82) is 0 Å². The van der Waals surface area contributed by atoms with Crippen molar-refractivity contribution in [2.45, 2.75) is 24.6 Å². The van der Waals surface area contributed by atoms with Gasteiger partial charge in [-0.1, -0.05) is 22.6 Å². The van der Waals surface area contributed by atoms with Crippen molar-refractivity contribution in [3.8, 4) is 16.3 Å². The van der Waals surface area contributed by atoms with E-state index in [-0.39, 0.29) is 10.2 Å². The molecule has 0 bridgehead atoms. The Labute approximate surface area is 189 Å². The molecule has 0 atom stereocenters. The van der Waals surface area contributed by atoms with Gasteiger partial charge in [0.2, 0.25) is 0 Å². The number of thiophene rings is 1. The first-order valence-corrected chi connectivity index (χ1v) is 11.8. The number of aromatic nitrogens is 3. The second-order valence-corrected chi connectivity index (χ2v) is 8.98. The standard InChI is InChI=1S/C19H13F3IN3O2S2/c1-9-7-29-17(10(9)2)16-12-5-11(3-4-13(12)30-24-16)26-15(27)6-14(19(20,21)22)25(8-23)18(26)28/h3-7H,8H2,1-2H3. The van der Waals surface area contributed by atoms with E-state index in [1.54, 1.807) is 52.1 Å². The SMILES string of the molecule is Cc1csc(-c2nsc3ccc(-n4c(=O)cc(C(F)(F)F)n(CI)c4=O)cc23)c1C. The molecule has 0 saturated carbocycles. The molecule has 1 aromatic carbocycles. The second kappa shape index (κ2) is 7.61. The molecule has 4 aromatic rings. The van der Waals surface area contributed by atoms with E-state index in [4.69, 9.17) is 0 Å². The molecule has 0 aliphatic carbocycles. The molecule has 3 aromatic heterocycles. The Morgan fingerprint density at radius 1 is 1.17 bits per heavy atom. The van der Waals surface area contributed by atoms with Gasteiger partial charge in [-0.25, -0.2) is 9.36 Å². The van der Waals surface area contributed by atoms with E-state index in [0.29, 0.717) is 10.6 Å². The molecule has 5 nitrogen and oxygen atoms in total. The summed E-state index contributed by atoms with van der Waals surface area (Å²) in [5.41, 5.74) is -0.143. The number of hydrogen-bond acceptors (Lipinski definition) is 5. The fourth-order valence-electron chi connectivity index (χ4n) is 3.13. The van der Waals surface area contributed by atoms with Crippen LogP contribution in [0.2, 0.25) is 0 Å². The van der Waals surface area contributed by atoms with Crippen LogP contribution in [0.4, 0.5) is 13.2 Å². The highest BCUT2D eigenvalue weighted by Crippen LogP contribution is 2.38. The fraction of sp³-hybridized carbons (Fsp3) is 0.211. The first kappa shape index (κ1) is 21.2. The zero-order chi connectivity index (χ0) is 21.8. The maximum atomic E-state index is 13.3. The summed E-state index contributed by atoms with van der Waals surface area (Å²) in [6.45, 7) is 4.00. The number of benzene rings is 1. The number of nitrogens with zero attached hydrogens (tertiary/aromatic N) is 3. The lowest BCUT2D eigenvalue weighted by atomic mass is 10.1. The van der Waals surface area contributed by atoms with Crippen LogP contribution in [0.5, 0.6) is 0 Å². The molecule has 0 spiro atoms. The lowest BCUT2D eigenvalue weighted by Crippen LogP contribution is -2.41. The van der Waals surface area contributed by atoms with E-state index >= 15 is 0 Å². The fourth-order valence-corrected chi connectivity index (χ4v) is 5.69. The van der Waals surface area contributed by atoms with Crippen LogP contribution in [0.25, 0.3) is 26.3 Å². The number of rotatable bonds is 3. The van der Waals surface area contributed by atoms with Crippen molar-refractivity contribution < 1.29 is 13.2 Å². The van der Waals surface area contributed by atoms with Crippen LogP contribution in [0.3, 0.4) is 0 Å². The molecular formula is C19H13F3IN3O2S2. The van der Waals surface area contributed by atoms with Crippen LogP contribution in [0.15, 0.2) is 39.2 Å². The van der Waals surface area contributed by atoms with Crippen LogP contribution in [0.1, 0.15) is 16.8 Å². The van der Waals surface area contributed by atoms with Gasteiger partial charge in [-0.15, -0.1) is 11.3 Å². The van der Waals surface area contributed by atoms with Gasteiger partial charge in [0.05, 0.1) is 19.8 Å². The van der Waals surface area contributed by atoms with Gasteiger partial charge in [0, 0.05) is 11.5 Å². The highest BCUT2D eigenvalue weighted by Gasteiger charge is 2.35. The van der Waals surface area contributed by atoms with Gasteiger partial charge in [0.1, 0.15) is 11.4 Å². The van der Waals surface area contributed by atoms with Gasteiger partial charge >= 0.3 is 11.9 Å². The molecule has 0 unspecified atom stereocenters. The lowest BCUT2D eigenvalue weighted by molar-refractivity contribution is -0.144. The minimum atomic E-state index is -4.80. The number of fused-ring (bicyclic) bond motifs is 1. The third kappa shape index (κ3) is 3.42. The van der Waals surface area contributed by atoms with Crippen LogP contribution in [-0.4, -0.2) is 13.5 Å². The largest absolute Gasteiger partial charge is 0.431 e. The molecule has 0 aliphatic heterocycles. The highest BCUT2D eigenvalue weighted by atomic mass is 127. The van der Waals surface area contributed by atoms with Gasteiger partial charge in [-0.3, -0.25) is 9.36 Å². The number of hydrogen-bond donors (Lipinski definition) is 0. The molecule has 11 heteroatoms. The Kier molecular flexibility index (Phi) is 5.39. The maximum Gasteiger partial charge on any atom is 0.431 e. The quantitative estimate of drug-likeness (QED) is 0.249. The second-order valence-electron chi connectivity index (χ2n) is 6.62. The number of halogens is 4. The van der Waals surface area contributed by atoms with Gasteiger partial charge < -0.3 is 0 Å². The average Bonchev–Trinajstić information content (AvgIpc) is 3.24. The summed E-state index contributed by atoms with van der Waals surface area (Å²) in [5, 5.41) is 2.77. The zero-order valence-corrected chi connectivity index (χ0v) is 19.4. The predicted molar refractivity (Wildman–Crippen MR) is 121 cm³/mol. The molecule has 0 radical (unpaired) electrons. The van der Waals surface area contributed by atoms with Crippen LogP contribution < -0.4 is 11.2 Å². The van der Waals surface area contributed by atoms with Crippen molar-refractivity contribution in [2.24, 2.45) is 0 Å². The maximum absolute atomic E-state index is 13.3. The van der Waals surface area contributed by atoms with Crippen molar-refractivity contribution >= 4 is 55.5 Å². The van der Waals surface area contributed by atoms with E-state index in [2.05, 4.69) is 4.37 Å².